The van der Waals surface area contributed by atoms with Gasteiger partial charge in [0.15, 0.2) is 5.96 Å². The molecule has 0 amide bonds. The summed E-state index contributed by atoms with van der Waals surface area (Å²) in [6.07, 6.45) is 7.96. The summed E-state index contributed by atoms with van der Waals surface area (Å²) in [6, 6.07) is 4.23. The lowest BCUT2D eigenvalue weighted by Gasteiger charge is -2.17. The van der Waals surface area contributed by atoms with Crippen LogP contribution in [0.5, 0.6) is 0 Å². The molecule has 2 aliphatic heterocycles. The summed E-state index contributed by atoms with van der Waals surface area (Å²) in [5.41, 5.74) is 1.22. The van der Waals surface area contributed by atoms with Crippen LogP contribution in [0.1, 0.15) is 37.7 Å². The van der Waals surface area contributed by atoms with E-state index in [1.165, 1.54) is 18.4 Å². The van der Waals surface area contributed by atoms with E-state index < -0.39 is 0 Å². The van der Waals surface area contributed by atoms with Crippen molar-refractivity contribution in [2.75, 3.05) is 51.4 Å². The predicted molar refractivity (Wildman–Crippen MR) is 124 cm³/mol. The number of hydrogen-bond donors (Lipinski definition) is 2. The van der Waals surface area contributed by atoms with Crippen LogP contribution in [0.4, 0.5) is 5.82 Å². The van der Waals surface area contributed by atoms with Crippen LogP contribution in [-0.2, 0) is 16.0 Å². The fraction of sp³-hybridized carbons (Fsp3) is 0.700. The van der Waals surface area contributed by atoms with Gasteiger partial charge in [-0.15, -0.1) is 24.0 Å². The number of hydrogen-bond acceptors (Lipinski definition) is 5. The third-order valence-corrected chi connectivity index (χ3v) is 5.01. The minimum Gasteiger partial charge on any atom is -0.379 e. The van der Waals surface area contributed by atoms with E-state index in [0.29, 0.717) is 12.7 Å². The number of guanidine groups is 1. The Balaban J connectivity index is 0.00000280. The quantitative estimate of drug-likeness (QED) is 0.234. The first-order chi connectivity index (χ1) is 13.3. The van der Waals surface area contributed by atoms with Crippen LogP contribution >= 0.6 is 24.0 Å². The predicted octanol–water partition coefficient (Wildman–Crippen LogP) is 2.55. The molecular weight excluding hydrogens is 469 g/mol. The Labute approximate surface area is 185 Å². The summed E-state index contributed by atoms with van der Waals surface area (Å²) >= 11 is 0. The molecule has 7 nitrogen and oxygen atoms in total. The van der Waals surface area contributed by atoms with Crippen molar-refractivity contribution < 1.29 is 9.47 Å². The summed E-state index contributed by atoms with van der Waals surface area (Å²) in [4.78, 5) is 11.2. The first kappa shape index (κ1) is 23.2. The Morgan fingerprint density at radius 1 is 1.32 bits per heavy atom. The van der Waals surface area contributed by atoms with Gasteiger partial charge in [-0.1, -0.05) is 0 Å². The second-order valence-corrected chi connectivity index (χ2v) is 7.13. The lowest BCUT2D eigenvalue weighted by molar-refractivity contribution is 0.0168. The Hall–Kier alpha value is -1.13. The van der Waals surface area contributed by atoms with Crippen molar-refractivity contribution in [2.24, 2.45) is 4.99 Å². The van der Waals surface area contributed by atoms with Crippen LogP contribution in [0, 0.1) is 0 Å². The van der Waals surface area contributed by atoms with Gasteiger partial charge >= 0.3 is 0 Å². The number of halogens is 1. The molecule has 158 valence electrons. The zero-order chi connectivity index (χ0) is 18.7. The minimum absolute atomic E-state index is 0. The molecule has 0 spiro atoms. The molecule has 2 fully saturated rings. The van der Waals surface area contributed by atoms with Crippen LogP contribution in [0.15, 0.2) is 23.3 Å². The molecule has 0 radical (unpaired) electrons. The summed E-state index contributed by atoms with van der Waals surface area (Å²) in [5.74, 6) is 1.90. The molecule has 2 saturated heterocycles. The molecule has 1 atom stereocenters. The standard InChI is InChI=1S/C20H33N5O2.HI/c1-21-20(23-8-5-12-26-16-18-6-4-13-27-18)24-15-17-7-9-22-19(14-17)25-10-2-3-11-25;/h7,9,14,18H,2-6,8,10-13,15-16H2,1H3,(H2,21,23,24);1H. The number of pyridine rings is 1. The lowest BCUT2D eigenvalue weighted by atomic mass is 10.2. The van der Waals surface area contributed by atoms with Crippen LogP contribution in [0.3, 0.4) is 0 Å². The molecule has 2 aliphatic rings. The van der Waals surface area contributed by atoms with E-state index in [4.69, 9.17) is 9.47 Å². The summed E-state index contributed by atoms with van der Waals surface area (Å²) in [5, 5.41) is 6.71. The van der Waals surface area contributed by atoms with Gasteiger partial charge in [-0.25, -0.2) is 4.98 Å². The highest BCUT2D eigenvalue weighted by molar-refractivity contribution is 14.0. The number of anilines is 1. The SMILES string of the molecule is CN=C(NCCCOCC1CCCO1)NCc1ccnc(N2CCCC2)c1.I. The molecule has 1 unspecified atom stereocenters. The average molecular weight is 503 g/mol. The van der Waals surface area contributed by atoms with Crippen molar-refractivity contribution in [3.05, 3.63) is 23.9 Å². The normalized spacial score (nSPS) is 19.5. The molecule has 3 heterocycles. The lowest BCUT2D eigenvalue weighted by Crippen LogP contribution is -2.37. The molecule has 0 saturated carbocycles. The molecule has 1 aromatic rings. The zero-order valence-corrected chi connectivity index (χ0v) is 19.2. The number of nitrogens with one attached hydrogen (secondary N) is 2. The van der Waals surface area contributed by atoms with Gasteiger partial charge in [-0.05, 0) is 49.8 Å². The van der Waals surface area contributed by atoms with E-state index in [9.17, 15) is 0 Å². The van der Waals surface area contributed by atoms with Gasteiger partial charge in [0.1, 0.15) is 5.82 Å². The van der Waals surface area contributed by atoms with Gasteiger partial charge in [0.2, 0.25) is 0 Å². The second kappa shape index (κ2) is 13.2. The third kappa shape index (κ3) is 7.71. The monoisotopic (exact) mass is 503 g/mol. The molecule has 28 heavy (non-hydrogen) atoms. The highest BCUT2D eigenvalue weighted by Gasteiger charge is 2.15. The van der Waals surface area contributed by atoms with E-state index in [1.807, 2.05) is 6.20 Å². The number of ether oxygens (including phenoxy) is 2. The smallest absolute Gasteiger partial charge is 0.191 e. The average Bonchev–Trinajstić information content (AvgIpc) is 3.41. The van der Waals surface area contributed by atoms with E-state index in [1.54, 1.807) is 7.05 Å². The fourth-order valence-corrected chi connectivity index (χ4v) is 3.47. The zero-order valence-electron chi connectivity index (χ0n) is 16.9. The van der Waals surface area contributed by atoms with Crippen LogP contribution in [0.2, 0.25) is 0 Å². The van der Waals surface area contributed by atoms with Crippen molar-refractivity contribution in [1.82, 2.24) is 15.6 Å². The van der Waals surface area contributed by atoms with Crippen LogP contribution in [0.25, 0.3) is 0 Å². The molecule has 0 bridgehead atoms. The largest absolute Gasteiger partial charge is 0.379 e. The molecule has 0 aromatic carbocycles. The highest BCUT2D eigenvalue weighted by Crippen LogP contribution is 2.18. The van der Waals surface area contributed by atoms with Crippen molar-refractivity contribution in [1.29, 1.82) is 0 Å². The van der Waals surface area contributed by atoms with Gasteiger partial charge in [0, 0.05) is 52.6 Å². The molecule has 0 aliphatic carbocycles. The molecular formula is C20H34IN5O2. The number of nitrogens with zero attached hydrogens (tertiary/aromatic N) is 3. The highest BCUT2D eigenvalue weighted by atomic mass is 127. The topological polar surface area (TPSA) is 71.0 Å². The summed E-state index contributed by atoms with van der Waals surface area (Å²) < 4.78 is 11.2. The third-order valence-electron chi connectivity index (χ3n) is 5.01. The van der Waals surface area contributed by atoms with Gasteiger partial charge in [0.25, 0.3) is 0 Å². The van der Waals surface area contributed by atoms with E-state index in [0.717, 1.165) is 70.4 Å². The first-order valence-corrected chi connectivity index (χ1v) is 10.2. The van der Waals surface area contributed by atoms with E-state index in [2.05, 4.69) is 37.6 Å². The van der Waals surface area contributed by atoms with E-state index >= 15 is 0 Å². The Morgan fingerprint density at radius 2 is 2.18 bits per heavy atom. The molecule has 2 N–H and O–H groups in total. The van der Waals surface area contributed by atoms with Crippen molar-refractivity contribution in [3.8, 4) is 0 Å². The number of rotatable bonds is 9. The first-order valence-electron chi connectivity index (χ1n) is 10.2. The van der Waals surface area contributed by atoms with Gasteiger partial charge in [-0.2, -0.15) is 0 Å². The Morgan fingerprint density at radius 3 is 2.93 bits per heavy atom. The maximum absolute atomic E-state index is 5.69. The van der Waals surface area contributed by atoms with Gasteiger partial charge in [0.05, 0.1) is 12.7 Å². The van der Waals surface area contributed by atoms with Crippen molar-refractivity contribution in [3.63, 3.8) is 0 Å². The van der Waals surface area contributed by atoms with Crippen LogP contribution < -0.4 is 15.5 Å². The molecule has 1 aromatic heterocycles. The fourth-order valence-electron chi connectivity index (χ4n) is 3.47. The maximum Gasteiger partial charge on any atom is 0.191 e. The minimum atomic E-state index is 0. The van der Waals surface area contributed by atoms with Crippen LogP contribution in [-0.4, -0.2) is 63.6 Å². The molecule has 3 rings (SSSR count). The Bertz CT molecular complexity index is 590. The van der Waals surface area contributed by atoms with E-state index in [-0.39, 0.29) is 24.0 Å². The van der Waals surface area contributed by atoms with Crippen molar-refractivity contribution >= 4 is 35.8 Å². The van der Waals surface area contributed by atoms with Crippen molar-refractivity contribution in [2.45, 2.75) is 44.8 Å². The van der Waals surface area contributed by atoms with Gasteiger partial charge in [-0.3, -0.25) is 4.99 Å². The number of aromatic nitrogens is 1. The maximum atomic E-state index is 5.69. The second-order valence-electron chi connectivity index (χ2n) is 7.13. The summed E-state index contributed by atoms with van der Waals surface area (Å²) in [7, 11) is 1.80. The summed E-state index contributed by atoms with van der Waals surface area (Å²) in [6.45, 7) is 6.14. The Kier molecular flexibility index (Phi) is 10.9. The number of aliphatic imine (C=N–C) groups is 1. The van der Waals surface area contributed by atoms with Gasteiger partial charge < -0.3 is 25.0 Å². The molecule has 8 heteroatoms.